The highest BCUT2D eigenvalue weighted by molar-refractivity contribution is 5.55. The van der Waals surface area contributed by atoms with Crippen LogP contribution in [0.25, 0.3) is 22.8 Å². The van der Waals surface area contributed by atoms with Crippen molar-refractivity contribution in [2.75, 3.05) is 6.54 Å². The maximum Gasteiger partial charge on any atom is 0.247 e. The summed E-state index contributed by atoms with van der Waals surface area (Å²) in [7, 11) is 0. The molecule has 7 nitrogen and oxygen atoms in total. The number of hydrogen-bond donors (Lipinski definition) is 2. The lowest BCUT2D eigenvalue weighted by atomic mass is 10.1. The van der Waals surface area contributed by atoms with Gasteiger partial charge in [-0.2, -0.15) is 0 Å². The zero-order valence-electron chi connectivity index (χ0n) is 17.1. The quantitative estimate of drug-likeness (QED) is 0.429. The van der Waals surface area contributed by atoms with Crippen molar-refractivity contribution >= 4 is 0 Å². The van der Waals surface area contributed by atoms with Crippen LogP contribution in [-0.4, -0.2) is 32.8 Å². The van der Waals surface area contributed by atoms with Crippen LogP contribution in [-0.2, 0) is 13.1 Å². The molecule has 4 rings (SSSR count). The molecule has 8 heteroatoms. The summed E-state index contributed by atoms with van der Waals surface area (Å²) in [5.74, 6) is 0.604. The lowest BCUT2D eigenvalue weighted by molar-refractivity contribution is 0.501. The summed E-state index contributed by atoms with van der Waals surface area (Å²) in [6.07, 6.45) is 3.68. The first-order chi connectivity index (χ1) is 15.2. The standard InChI is InChI=1S/C23H23FN6O/c1-16(10-25-11-17-4-8-20(9-5-17)23-30-29-15-31-23)26-12-18-2-6-19(7-3-18)22-27-13-21(24)14-28-22/h2-9,13-16,25-26H,10-12H2,1H3/t16-/m0/s1. The van der Waals surface area contributed by atoms with E-state index in [4.69, 9.17) is 4.42 Å². The summed E-state index contributed by atoms with van der Waals surface area (Å²) >= 11 is 0. The summed E-state index contributed by atoms with van der Waals surface area (Å²) in [6.45, 7) is 4.52. The Hall–Kier alpha value is -3.49. The van der Waals surface area contributed by atoms with Gasteiger partial charge in [0.15, 0.2) is 11.6 Å². The summed E-state index contributed by atoms with van der Waals surface area (Å²) in [5.41, 5.74) is 4.13. The Balaban J connectivity index is 1.19. The van der Waals surface area contributed by atoms with Gasteiger partial charge in [0.1, 0.15) is 0 Å². The van der Waals surface area contributed by atoms with Gasteiger partial charge in [-0.1, -0.05) is 36.4 Å². The minimum absolute atomic E-state index is 0.303. The normalized spacial score (nSPS) is 12.1. The minimum atomic E-state index is -0.437. The van der Waals surface area contributed by atoms with Crippen molar-refractivity contribution in [1.29, 1.82) is 0 Å². The average Bonchev–Trinajstić information content (AvgIpc) is 3.34. The third-order valence-corrected chi connectivity index (χ3v) is 4.83. The first kappa shape index (κ1) is 20.8. The molecule has 0 radical (unpaired) electrons. The van der Waals surface area contributed by atoms with Crippen molar-refractivity contribution in [2.24, 2.45) is 0 Å². The first-order valence-corrected chi connectivity index (χ1v) is 10.0. The van der Waals surface area contributed by atoms with E-state index in [1.165, 1.54) is 24.4 Å². The van der Waals surface area contributed by atoms with Crippen LogP contribution in [0.4, 0.5) is 4.39 Å². The second-order valence-electron chi connectivity index (χ2n) is 7.28. The van der Waals surface area contributed by atoms with Gasteiger partial charge in [-0.15, -0.1) is 10.2 Å². The molecular weight excluding hydrogens is 395 g/mol. The van der Waals surface area contributed by atoms with Crippen LogP contribution in [0.2, 0.25) is 0 Å². The predicted molar refractivity (Wildman–Crippen MR) is 115 cm³/mol. The summed E-state index contributed by atoms with van der Waals surface area (Å²) in [4.78, 5) is 8.02. The van der Waals surface area contributed by atoms with Gasteiger partial charge in [-0.25, -0.2) is 14.4 Å². The number of benzene rings is 2. The Labute approximate surface area is 179 Å². The van der Waals surface area contributed by atoms with Crippen LogP contribution in [0, 0.1) is 5.82 Å². The SMILES string of the molecule is C[C@@H](CNCc1ccc(-c2nnco2)cc1)NCc1ccc(-c2ncc(F)cn2)cc1. The van der Waals surface area contributed by atoms with E-state index < -0.39 is 5.82 Å². The van der Waals surface area contributed by atoms with Gasteiger partial charge in [-0.3, -0.25) is 0 Å². The van der Waals surface area contributed by atoms with Crippen molar-refractivity contribution in [1.82, 2.24) is 30.8 Å². The Bertz CT molecular complexity index is 1070. The van der Waals surface area contributed by atoms with E-state index in [9.17, 15) is 4.39 Å². The van der Waals surface area contributed by atoms with Gasteiger partial charge in [0, 0.05) is 36.8 Å². The third kappa shape index (κ3) is 5.78. The minimum Gasteiger partial charge on any atom is -0.423 e. The van der Waals surface area contributed by atoms with Gasteiger partial charge in [0.25, 0.3) is 0 Å². The molecule has 0 aliphatic rings. The first-order valence-electron chi connectivity index (χ1n) is 10.0. The summed E-state index contributed by atoms with van der Waals surface area (Å²) in [5, 5.41) is 14.6. The van der Waals surface area contributed by atoms with Crippen molar-refractivity contribution in [2.45, 2.75) is 26.1 Å². The van der Waals surface area contributed by atoms with Crippen molar-refractivity contribution in [3.63, 3.8) is 0 Å². The number of halogens is 1. The molecule has 4 aromatic rings. The monoisotopic (exact) mass is 418 g/mol. The highest BCUT2D eigenvalue weighted by atomic mass is 19.1. The average molecular weight is 418 g/mol. The summed E-state index contributed by atoms with van der Waals surface area (Å²) < 4.78 is 18.2. The lowest BCUT2D eigenvalue weighted by Gasteiger charge is -2.15. The fourth-order valence-corrected chi connectivity index (χ4v) is 3.09. The largest absolute Gasteiger partial charge is 0.423 e. The molecule has 0 saturated heterocycles. The zero-order valence-corrected chi connectivity index (χ0v) is 17.1. The smallest absolute Gasteiger partial charge is 0.247 e. The number of nitrogens with zero attached hydrogens (tertiary/aromatic N) is 4. The van der Waals surface area contributed by atoms with E-state index in [1.807, 2.05) is 36.4 Å². The molecule has 0 fully saturated rings. The van der Waals surface area contributed by atoms with Crippen LogP contribution >= 0.6 is 0 Å². The molecule has 1 atom stereocenters. The number of nitrogens with one attached hydrogen (secondary N) is 2. The van der Waals surface area contributed by atoms with Crippen molar-refractivity contribution in [3.8, 4) is 22.8 Å². The van der Waals surface area contributed by atoms with Crippen molar-refractivity contribution < 1.29 is 8.81 Å². The van der Waals surface area contributed by atoms with Gasteiger partial charge >= 0.3 is 0 Å². The highest BCUT2D eigenvalue weighted by Crippen LogP contribution is 2.17. The molecule has 0 aliphatic heterocycles. The second kappa shape index (κ2) is 10.0. The second-order valence-corrected chi connectivity index (χ2v) is 7.28. The van der Waals surface area contributed by atoms with E-state index >= 15 is 0 Å². The van der Waals surface area contributed by atoms with Gasteiger partial charge in [0.05, 0.1) is 12.4 Å². The molecule has 0 bridgehead atoms. The molecule has 2 aromatic carbocycles. The number of aromatic nitrogens is 4. The Kier molecular flexibility index (Phi) is 6.71. The number of rotatable bonds is 9. The predicted octanol–water partition coefficient (Wildman–Crippen LogP) is 3.60. The molecule has 2 heterocycles. The topological polar surface area (TPSA) is 88.8 Å². The van der Waals surface area contributed by atoms with Crippen LogP contribution in [0.5, 0.6) is 0 Å². The van der Waals surface area contributed by atoms with E-state index in [1.54, 1.807) is 0 Å². The summed E-state index contributed by atoms with van der Waals surface area (Å²) in [6, 6.07) is 16.3. The molecule has 0 amide bonds. The van der Waals surface area contributed by atoms with Crippen LogP contribution < -0.4 is 10.6 Å². The van der Waals surface area contributed by atoms with Crippen LogP contribution in [0.3, 0.4) is 0 Å². The molecule has 158 valence electrons. The molecule has 0 unspecified atom stereocenters. The Morgan fingerprint density at radius 3 is 2.19 bits per heavy atom. The maximum atomic E-state index is 13.0. The van der Waals surface area contributed by atoms with Gasteiger partial charge < -0.3 is 15.1 Å². The molecule has 31 heavy (non-hydrogen) atoms. The van der Waals surface area contributed by atoms with Crippen molar-refractivity contribution in [3.05, 3.63) is 84.3 Å². The molecule has 2 aromatic heterocycles. The van der Waals surface area contributed by atoms with Gasteiger partial charge in [0.2, 0.25) is 12.3 Å². The molecule has 0 spiro atoms. The molecule has 2 N–H and O–H groups in total. The van der Waals surface area contributed by atoms with E-state index in [2.05, 4.69) is 49.9 Å². The number of hydrogen-bond acceptors (Lipinski definition) is 7. The van der Waals surface area contributed by atoms with Crippen LogP contribution in [0.1, 0.15) is 18.1 Å². The van der Waals surface area contributed by atoms with Crippen LogP contribution in [0.15, 0.2) is 71.7 Å². The van der Waals surface area contributed by atoms with E-state index in [-0.39, 0.29) is 0 Å². The third-order valence-electron chi connectivity index (χ3n) is 4.83. The molecule has 0 saturated carbocycles. The highest BCUT2D eigenvalue weighted by Gasteiger charge is 2.05. The van der Waals surface area contributed by atoms with E-state index in [0.717, 1.165) is 36.3 Å². The maximum absolute atomic E-state index is 13.0. The fraction of sp³-hybridized carbons (Fsp3) is 0.217. The van der Waals surface area contributed by atoms with E-state index in [0.29, 0.717) is 17.8 Å². The molecular formula is C23H23FN6O. The zero-order chi connectivity index (χ0) is 21.5. The van der Waals surface area contributed by atoms with Gasteiger partial charge in [-0.05, 0) is 30.2 Å². The Morgan fingerprint density at radius 2 is 1.55 bits per heavy atom. The Morgan fingerprint density at radius 1 is 0.903 bits per heavy atom. The fourth-order valence-electron chi connectivity index (χ4n) is 3.09. The lowest BCUT2D eigenvalue weighted by Crippen LogP contribution is -2.35. The molecule has 0 aliphatic carbocycles.